The van der Waals surface area contributed by atoms with Crippen molar-refractivity contribution < 1.29 is 58.3 Å². The monoisotopic (exact) mass is 953 g/mol. The van der Waals surface area contributed by atoms with Crippen LogP contribution >= 0.6 is 7.82 Å². The second kappa shape index (κ2) is 42.8. The van der Waals surface area contributed by atoms with Gasteiger partial charge in [-0.1, -0.05) is 177 Å². The summed E-state index contributed by atoms with van der Waals surface area (Å²) < 4.78 is 34.3. The average Bonchev–Trinajstić information content (AvgIpc) is 3.30. The van der Waals surface area contributed by atoms with Gasteiger partial charge in [0.1, 0.15) is 42.7 Å². The molecule has 6 atom stereocenters. The van der Waals surface area contributed by atoms with Gasteiger partial charge in [-0.05, 0) is 83.5 Å². The van der Waals surface area contributed by atoms with Gasteiger partial charge in [-0.3, -0.25) is 13.8 Å². The molecule has 0 spiro atoms. The normalized spacial score (nSPS) is 22.0. The number of carbonyl (C=O) groups is 1. The summed E-state index contributed by atoms with van der Waals surface area (Å²) in [6.45, 7) is 4.10. The molecule has 0 aromatic carbocycles. The highest BCUT2D eigenvalue weighted by atomic mass is 31.2. The van der Waals surface area contributed by atoms with E-state index in [0.717, 1.165) is 109 Å². The summed E-state index contributed by atoms with van der Waals surface area (Å²) in [7, 11) is -5.03. The molecule has 0 saturated heterocycles. The zero-order valence-corrected chi connectivity index (χ0v) is 41.9. The van der Waals surface area contributed by atoms with Gasteiger partial charge in [0.25, 0.3) is 0 Å². The molecule has 382 valence electrons. The van der Waals surface area contributed by atoms with Gasteiger partial charge >= 0.3 is 13.8 Å². The molecule has 0 bridgehead atoms. The van der Waals surface area contributed by atoms with Crippen molar-refractivity contribution in [2.75, 3.05) is 19.8 Å². The zero-order chi connectivity index (χ0) is 48.4. The minimum atomic E-state index is -5.03. The van der Waals surface area contributed by atoms with E-state index in [0.29, 0.717) is 13.0 Å². The molecule has 0 heterocycles. The smallest absolute Gasteiger partial charge is 0.457 e. The van der Waals surface area contributed by atoms with E-state index >= 15 is 0 Å². The minimum absolute atomic E-state index is 0.0922. The number of rotatable bonds is 43. The molecular weight excluding hydrogens is 860 g/mol. The maximum atomic E-state index is 12.9. The largest absolute Gasteiger partial charge is 0.472 e. The lowest BCUT2D eigenvalue weighted by Gasteiger charge is -2.41. The molecule has 12 nitrogen and oxygen atoms in total. The van der Waals surface area contributed by atoms with Gasteiger partial charge in [-0.2, -0.15) is 0 Å². The molecule has 0 amide bonds. The topological polar surface area (TPSA) is 192 Å². The van der Waals surface area contributed by atoms with Crippen molar-refractivity contribution in [3.63, 3.8) is 0 Å². The van der Waals surface area contributed by atoms with E-state index in [4.69, 9.17) is 18.5 Å². The number of hydrogen-bond acceptors (Lipinski definition) is 11. The van der Waals surface area contributed by atoms with Gasteiger partial charge in [0.05, 0.1) is 13.2 Å². The van der Waals surface area contributed by atoms with E-state index in [1.807, 2.05) is 0 Å². The summed E-state index contributed by atoms with van der Waals surface area (Å²) in [5, 5.41) is 50.3. The van der Waals surface area contributed by atoms with Crippen LogP contribution in [-0.2, 0) is 27.9 Å². The second-order valence-corrected chi connectivity index (χ2v) is 19.0. The summed E-state index contributed by atoms with van der Waals surface area (Å²) in [5.74, 6) is -0.491. The van der Waals surface area contributed by atoms with Gasteiger partial charge in [0.15, 0.2) is 0 Å². The highest BCUT2D eigenvalue weighted by Gasteiger charge is 2.51. The van der Waals surface area contributed by atoms with Crippen molar-refractivity contribution >= 4 is 13.8 Å². The maximum Gasteiger partial charge on any atom is 0.472 e. The van der Waals surface area contributed by atoms with Crippen molar-refractivity contribution in [1.82, 2.24) is 0 Å². The second-order valence-electron chi connectivity index (χ2n) is 17.6. The number of allylic oxidation sites excluding steroid dienone is 12. The summed E-state index contributed by atoms with van der Waals surface area (Å²) in [6, 6.07) is 0. The Bertz CT molecular complexity index is 1360. The predicted octanol–water partition coefficient (Wildman–Crippen LogP) is 11.5. The van der Waals surface area contributed by atoms with Crippen molar-refractivity contribution in [3.8, 4) is 0 Å². The SMILES string of the molecule is CC/C=C\C/C=C\C/C=C\CCCCCCCCOCC(COP(=O)(O)OC1C(O)C(O)C(O)C(O)C1O)OC(=O)CCCCCCCCCC/C=C\C/C=C\C/C=C\CCCCCCC. The Kier molecular flexibility index (Phi) is 40.1. The van der Waals surface area contributed by atoms with Crippen LogP contribution in [0.25, 0.3) is 0 Å². The van der Waals surface area contributed by atoms with Crippen LogP contribution in [0.5, 0.6) is 0 Å². The molecule has 0 radical (unpaired) electrons. The Labute approximate surface area is 400 Å². The van der Waals surface area contributed by atoms with E-state index in [1.165, 1.54) is 57.8 Å². The van der Waals surface area contributed by atoms with Crippen LogP contribution in [0.15, 0.2) is 72.9 Å². The fourth-order valence-electron chi connectivity index (χ4n) is 7.49. The number of ether oxygens (including phenoxy) is 2. The lowest BCUT2D eigenvalue weighted by Crippen LogP contribution is -2.64. The van der Waals surface area contributed by atoms with Gasteiger partial charge < -0.3 is 39.9 Å². The summed E-state index contributed by atoms with van der Waals surface area (Å²) in [4.78, 5) is 23.2. The quantitative estimate of drug-likeness (QED) is 0.0147. The van der Waals surface area contributed by atoms with Gasteiger partial charge in [0.2, 0.25) is 0 Å². The molecule has 1 aliphatic carbocycles. The average molecular weight is 953 g/mol. The molecule has 0 aromatic rings. The number of aliphatic hydroxyl groups is 5. The lowest BCUT2D eigenvalue weighted by atomic mass is 9.85. The van der Waals surface area contributed by atoms with E-state index in [9.17, 15) is 39.8 Å². The van der Waals surface area contributed by atoms with Gasteiger partial charge in [0, 0.05) is 13.0 Å². The molecule has 0 aliphatic heterocycles. The molecule has 0 aromatic heterocycles. The van der Waals surface area contributed by atoms with Crippen LogP contribution in [0, 0.1) is 0 Å². The number of phosphoric ester groups is 1. The summed E-state index contributed by atoms with van der Waals surface area (Å²) in [6.07, 6.45) is 43.9. The molecule has 13 heteroatoms. The first kappa shape index (κ1) is 61.8. The van der Waals surface area contributed by atoms with Crippen LogP contribution in [0.3, 0.4) is 0 Å². The standard InChI is InChI=1S/C53H93O12P/c1-3-5-7-9-11-13-15-17-19-21-22-23-24-25-26-27-28-30-32-34-36-38-40-42-47(54)64-46(45-63-66(60,61)65-53-51(58)49(56)48(55)50(57)52(53)59)44-62-43-41-39-37-35-33-31-29-20-18-16-14-12-10-8-6-4-2/h6,8,12,14-15,17-18,20-22,24-25,46,48-53,55-59H,3-5,7,9-11,13,16,19,23,26-45H2,1-2H3,(H,60,61)/b8-6-,14-12-,17-15-,20-18-,22-21-,25-24-. The van der Waals surface area contributed by atoms with Crippen LogP contribution in [-0.4, -0.2) is 98.9 Å². The van der Waals surface area contributed by atoms with Crippen LogP contribution < -0.4 is 0 Å². The fourth-order valence-corrected chi connectivity index (χ4v) is 8.47. The first-order valence-corrected chi connectivity index (χ1v) is 27.3. The number of phosphoric acid groups is 1. The summed E-state index contributed by atoms with van der Waals surface area (Å²) >= 11 is 0. The van der Waals surface area contributed by atoms with Crippen molar-refractivity contribution in [2.45, 2.75) is 236 Å². The van der Waals surface area contributed by atoms with Gasteiger partial charge in [-0.15, -0.1) is 0 Å². The number of carbonyl (C=O) groups excluding carboxylic acids is 1. The number of unbranched alkanes of at least 4 members (excludes halogenated alkanes) is 19. The molecule has 1 saturated carbocycles. The molecule has 66 heavy (non-hydrogen) atoms. The maximum absolute atomic E-state index is 12.9. The lowest BCUT2D eigenvalue weighted by molar-refractivity contribution is -0.220. The third-order valence-electron chi connectivity index (χ3n) is 11.6. The Morgan fingerprint density at radius 1 is 0.500 bits per heavy atom. The molecule has 6 N–H and O–H groups in total. The van der Waals surface area contributed by atoms with Crippen molar-refractivity contribution in [1.29, 1.82) is 0 Å². The molecule has 1 aliphatic rings. The molecule has 6 unspecified atom stereocenters. The minimum Gasteiger partial charge on any atom is -0.457 e. The van der Waals surface area contributed by atoms with E-state index in [1.54, 1.807) is 0 Å². The zero-order valence-electron chi connectivity index (χ0n) is 41.0. The molecule has 1 rings (SSSR count). The number of hydrogen-bond donors (Lipinski definition) is 6. The Hall–Kier alpha value is -2.22. The Morgan fingerprint density at radius 3 is 1.36 bits per heavy atom. The number of aliphatic hydroxyl groups excluding tert-OH is 5. The highest BCUT2D eigenvalue weighted by molar-refractivity contribution is 7.47. The van der Waals surface area contributed by atoms with E-state index in [-0.39, 0.29) is 13.0 Å². The van der Waals surface area contributed by atoms with Crippen LogP contribution in [0.4, 0.5) is 0 Å². The van der Waals surface area contributed by atoms with Crippen molar-refractivity contribution in [3.05, 3.63) is 72.9 Å². The third-order valence-corrected chi connectivity index (χ3v) is 12.5. The van der Waals surface area contributed by atoms with Gasteiger partial charge in [-0.25, -0.2) is 4.57 Å². The Morgan fingerprint density at radius 2 is 0.894 bits per heavy atom. The van der Waals surface area contributed by atoms with Crippen LogP contribution in [0.2, 0.25) is 0 Å². The fraction of sp³-hybridized carbons (Fsp3) is 0.755. The first-order chi connectivity index (χ1) is 32.0. The molecular formula is C53H93O12P. The van der Waals surface area contributed by atoms with E-state index in [2.05, 4.69) is 86.8 Å². The third kappa shape index (κ3) is 34.1. The predicted molar refractivity (Wildman–Crippen MR) is 267 cm³/mol. The highest BCUT2D eigenvalue weighted by Crippen LogP contribution is 2.47. The Balaban J connectivity index is 2.35. The van der Waals surface area contributed by atoms with Crippen molar-refractivity contribution in [2.24, 2.45) is 0 Å². The number of esters is 1. The van der Waals surface area contributed by atoms with Crippen LogP contribution in [0.1, 0.15) is 194 Å². The first-order valence-electron chi connectivity index (χ1n) is 25.8. The molecule has 1 fully saturated rings. The van der Waals surface area contributed by atoms with E-state index < -0.39 is 63.1 Å². The summed E-state index contributed by atoms with van der Waals surface area (Å²) in [5.41, 5.74) is 0.